The van der Waals surface area contributed by atoms with Crippen molar-refractivity contribution in [1.82, 2.24) is 0 Å². The molecule has 1 saturated carbocycles. The van der Waals surface area contributed by atoms with Gasteiger partial charge >= 0.3 is 0 Å². The SMILES string of the molecule is CC(=O)c1ccc(NC(C)c2ccc(NC(=O)C3CC3)cc2)c([N+](=O)[O-])c1. The van der Waals surface area contributed by atoms with Crippen molar-refractivity contribution in [3.63, 3.8) is 0 Å². The number of hydrogen-bond acceptors (Lipinski definition) is 5. The summed E-state index contributed by atoms with van der Waals surface area (Å²) in [6, 6.07) is 11.6. The molecule has 0 radical (unpaired) electrons. The monoisotopic (exact) mass is 367 g/mol. The summed E-state index contributed by atoms with van der Waals surface area (Å²) >= 11 is 0. The molecule has 1 aliphatic carbocycles. The maximum absolute atomic E-state index is 11.8. The van der Waals surface area contributed by atoms with Crippen LogP contribution in [0.5, 0.6) is 0 Å². The molecule has 2 N–H and O–H groups in total. The van der Waals surface area contributed by atoms with E-state index in [0.29, 0.717) is 11.3 Å². The molecular formula is C20H21N3O4. The first-order valence-electron chi connectivity index (χ1n) is 8.82. The van der Waals surface area contributed by atoms with Gasteiger partial charge in [0.25, 0.3) is 5.69 Å². The van der Waals surface area contributed by atoms with Gasteiger partial charge in [-0.1, -0.05) is 12.1 Å². The van der Waals surface area contributed by atoms with Crippen molar-refractivity contribution in [2.75, 3.05) is 10.6 Å². The maximum atomic E-state index is 11.8. The van der Waals surface area contributed by atoms with Crippen molar-refractivity contribution in [2.24, 2.45) is 5.92 Å². The number of Topliss-reactive ketones (excluding diaryl/α,β-unsaturated/α-hetero) is 1. The number of nitrogens with one attached hydrogen (secondary N) is 2. The summed E-state index contributed by atoms with van der Waals surface area (Å²) in [5.74, 6) is -0.0274. The van der Waals surface area contributed by atoms with E-state index in [1.165, 1.54) is 13.0 Å². The Morgan fingerprint density at radius 2 is 1.81 bits per heavy atom. The van der Waals surface area contributed by atoms with Crippen LogP contribution < -0.4 is 10.6 Å². The minimum atomic E-state index is -0.502. The van der Waals surface area contributed by atoms with Crippen LogP contribution in [0.3, 0.4) is 0 Å². The van der Waals surface area contributed by atoms with Crippen molar-refractivity contribution in [1.29, 1.82) is 0 Å². The van der Waals surface area contributed by atoms with Crippen molar-refractivity contribution in [2.45, 2.75) is 32.7 Å². The van der Waals surface area contributed by atoms with Crippen LogP contribution in [0.25, 0.3) is 0 Å². The Morgan fingerprint density at radius 1 is 1.15 bits per heavy atom. The second-order valence-corrected chi connectivity index (χ2v) is 6.80. The second-order valence-electron chi connectivity index (χ2n) is 6.80. The Balaban J connectivity index is 1.72. The number of nitrogens with zero attached hydrogens (tertiary/aromatic N) is 1. The van der Waals surface area contributed by atoms with Gasteiger partial charge in [-0.15, -0.1) is 0 Å². The lowest BCUT2D eigenvalue weighted by atomic mass is 10.1. The smallest absolute Gasteiger partial charge is 0.293 e. The van der Waals surface area contributed by atoms with E-state index in [4.69, 9.17) is 0 Å². The molecule has 3 rings (SSSR count). The van der Waals surface area contributed by atoms with E-state index < -0.39 is 4.92 Å². The fraction of sp³-hybridized carbons (Fsp3) is 0.300. The lowest BCUT2D eigenvalue weighted by Gasteiger charge is -2.16. The molecule has 0 saturated heterocycles. The van der Waals surface area contributed by atoms with Crippen molar-refractivity contribution in [3.8, 4) is 0 Å². The van der Waals surface area contributed by atoms with Crippen molar-refractivity contribution >= 4 is 28.8 Å². The summed E-state index contributed by atoms with van der Waals surface area (Å²) in [5.41, 5.74) is 2.17. The Hall–Kier alpha value is -3.22. The number of nitro benzene ring substituents is 1. The Labute approximate surface area is 156 Å². The van der Waals surface area contributed by atoms with Gasteiger partial charge in [-0.05, 0) is 56.5 Å². The average Bonchev–Trinajstić information content (AvgIpc) is 3.47. The van der Waals surface area contributed by atoms with Crippen molar-refractivity contribution < 1.29 is 14.5 Å². The van der Waals surface area contributed by atoms with Gasteiger partial charge in [-0.2, -0.15) is 0 Å². The Kier molecular flexibility index (Phi) is 5.21. The molecule has 2 aromatic rings. The molecule has 1 fully saturated rings. The quantitative estimate of drug-likeness (QED) is 0.431. The molecule has 27 heavy (non-hydrogen) atoms. The minimum Gasteiger partial charge on any atom is -0.373 e. The number of hydrogen-bond donors (Lipinski definition) is 2. The van der Waals surface area contributed by atoms with E-state index in [1.54, 1.807) is 12.1 Å². The molecule has 1 unspecified atom stereocenters. The van der Waals surface area contributed by atoms with Gasteiger partial charge in [0.1, 0.15) is 5.69 Å². The lowest BCUT2D eigenvalue weighted by molar-refractivity contribution is -0.384. The number of rotatable bonds is 7. The second kappa shape index (κ2) is 7.57. The topological polar surface area (TPSA) is 101 Å². The fourth-order valence-corrected chi connectivity index (χ4v) is 2.79. The summed E-state index contributed by atoms with van der Waals surface area (Å²) in [4.78, 5) is 34.1. The third-order valence-electron chi connectivity index (χ3n) is 4.60. The lowest BCUT2D eigenvalue weighted by Crippen LogP contribution is -2.13. The third-order valence-corrected chi connectivity index (χ3v) is 4.60. The van der Waals surface area contributed by atoms with Gasteiger partial charge in [-0.25, -0.2) is 0 Å². The van der Waals surface area contributed by atoms with Crippen LogP contribution in [0.4, 0.5) is 17.1 Å². The molecule has 2 aromatic carbocycles. The molecule has 0 heterocycles. The van der Waals surface area contributed by atoms with Crippen LogP contribution in [0.2, 0.25) is 0 Å². The van der Waals surface area contributed by atoms with Crippen LogP contribution in [0.1, 0.15) is 48.7 Å². The van der Waals surface area contributed by atoms with E-state index in [9.17, 15) is 19.7 Å². The number of nitro groups is 1. The Bertz CT molecular complexity index is 889. The summed E-state index contributed by atoms with van der Waals surface area (Å²) < 4.78 is 0. The van der Waals surface area contributed by atoms with Crippen LogP contribution in [-0.2, 0) is 4.79 Å². The highest BCUT2D eigenvalue weighted by atomic mass is 16.6. The summed E-state index contributed by atoms with van der Waals surface area (Å²) in [7, 11) is 0. The zero-order valence-corrected chi connectivity index (χ0v) is 15.2. The summed E-state index contributed by atoms with van der Waals surface area (Å²) in [6.45, 7) is 3.26. The van der Waals surface area contributed by atoms with Gasteiger partial charge in [0, 0.05) is 29.3 Å². The summed E-state index contributed by atoms with van der Waals surface area (Å²) in [5, 5.41) is 17.3. The minimum absolute atomic E-state index is 0.0510. The highest BCUT2D eigenvalue weighted by Gasteiger charge is 2.29. The predicted octanol–water partition coefficient (Wildman–Crippen LogP) is 4.32. The molecule has 1 atom stereocenters. The molecule has 1 amide bonds. The van der Waals surface area contributed by atoms with E-state index >= 15 is 0 Å². The van der Waals surface area contributed by atoms with Crippen LogP contribution in [0, 0.1) is 16.0 Å². The number of anilines is 2. The first-order valence-corrected chi connectivity index (χ1v) is 8.82. The number of carbonyl (C=O) groups excluding carboxylic acids is 2. The van der Waals surface area contributed by atoms with E-state index in [1.807, 2.05) is 31.2 Å². The highest BCUT2D eigenvalue weighted by Crippen LogP contribution is 2.31. The van der Waals surface area contributed by atoms with Gasteiger partial charge < -0.3 is 10.6 Å². The largest absolute Gasteiger partial charge is 0.373 e. The molecule has 0 aliphatic heterocycles. The average molecular weight is 367 g/mol. The molecular weight excluding hydrogens is 346 g/mol. The number of amides is 1. The molecule has 1 aliphatic rings. The van der Waals surface area contributed by atoms with Gasteiger partial charge in [0.15, 0.2) is 5.78 Å². The molecule has 7 heteroatoms. The van der Waals surface area contributed by atoms with Crippen LogP contribution >= 0.6 is 0 Å². The van der Waals surface area contributed by atoms with E-state index in [-0.39, 0.29) is 29.3 Å². The zero-order chi connectivity index (χ0) is 19.6. The van der Waals surface area contributed by atoms with Crippen molar-refractivity contribution in [3.05, 3.63) is 63.7 Å². The summed E-state index contributed by atoms with van der Waals surface area (Å²) in [6.07, 6.45) is 1.90. The van der Waals surface area contributed by atoms with E-state index in [0.717, 1.165) is 24.1 Å². The molecule has 7 nitrogen and oxygen atoms in total. The van der Waals surface area contributed by atoms with Gasteiger partial charge in [-0.3, -0.25) is 19.7 Å². The fourth-order valence-electron chi connectivity index (χ4n) is 2.79. The van der Waals surface area contributed by atoms with Gasteiger partial charge in [0.2, 0.25) is 5.91 Å². The van der Waals surface area contributed by atoms with Crippen LogP contribution in [-0.4, -0.2) is 16.6 Å². The normalized spacial score (nSPS) is 14.3. The zero-order valence-electron chi connectivity index (χ0n) is 15.2. The Morgan fingerprint density at radius 3 is 2.37 bits per heavy atom. The number of carbonyl (C=O) groups is 2. The number of ketones is 1. The standard InChI is InChI=1S/C20H21N3O4/c1-12(14-5-8-17(9-6-14)22-20(25)15-3-4-15)21-18-10-7-16(13(2)24)11-19(18)23(26)27/h5-12,15,21H,3-4H2,1-2H3,(H,22,25). The number of benzene rings is 2. The first kappa shape index (κ1) is 18.6. The molecule has 140 valence electrons. The molecule has 0 spiro atoms. The van der Waals surface area contributed by atoms with Crippen LogP contribution in [0.15, 0.2) is 42.5 Å². The van der Waals surface area contributed by atoms with E-state index in [2.05, 4.69) is 10.6 Å². The molecule has 0 aromatic heterocycles. The maximum Gasteiger partial charge on any atom is 0.293 e. The van der Waals surface area contributed by atoms with Gasteiger partial charge in [0.05, 0.1) is 4.92 Å². The highest BCUT2D eigenvalue weighted by molar-refractivity contribution is 5.95. The molecule has 0 bridgehead atoms. The predicted molar refractivity (Wildman–Crippen MR) is 103 cm³/mol. The third kappa shape index (κ3) is 4.49. The first-order chi connectivity index (χ1) is 12.8.